The summed E-state index contributed by atoms with van der Waals surface area (Å²) in [5.41, 5.74) is 1.04. The minimum Gasteiger partial charge on any atom is -0.313 e. The third kappa shape index (κ3) is 4.72. The molecule has 1 N–H and O–H groups in total. The van der Waals surface area contributed by atoms with Gasteiger partial charge < -0.3 is 5.32 Å². The fourth-order valence-corrected chi connectivity index (χ4v) is 1.56. The van der Waals surface area contributed by atoms with Gasteiger partial charge in [0, 0.05) is 38.9 Å². The van der Waals surface area contributed by atoms with Crippen molar-refractivity contribution in [2.75, 3.05) is 19.6 Å². The summed E-state index contributed by atoms with van der Waals surface area (Å²) >= 11 is 0. The Balaban J connectivity index is 2.31. The number of aromatic nitrogens is 3. The lowest BCUT2D eigenvalue weighted by atomic mass is 10.3. The number of aryl methyl sites for hydroxylation is 1. The van der Waals surface area contributed by atoms with Crippen molar-refractivity contribution in [1.29, 1.82) is 0 Å². The maximum absolute atomic E-state index is 4.10. The molecule has 92 valence electrons. The minimum absolute atomic E-state index is 0.551. The Kier molecular flexibility index (Phi) is 5.42. The molecule has 0 bridgehead atoms. The van der Waals surface area contributed by atoms with Gasteiger partial charge in [-0.15, -0.1) is 5.10 Å². The van der Waals surface area contributed by atoms with Crippen molar-refractivity contribution in [1.82, 2.24) is 25.2 Å². The molecule has 0 atom stereocenters. The summed E-state index contributed by atoms with van der Waals surface area (Å²) in [6.45, 7) is 10.5. The van der Waals surface area contributed by atoms with Crippen LogP contribution in [0.2, 0.25) is 0 Å². The van der Waals surface area contributed by atoms with Crippen LogP contribution in [-0.4, -0.2) is 45.6 Å². The topological polar surface area (TPSA) is 46.0 Å². The molecule has 1 aromatic heterocycles. The zero-order valence-corrected chi connectivity index (χ0v) is 10.8. The second-order valence-corrected chi connectivity index (χ2v) is 4.36. The van der Waals surface area contributed by atoms with E-state index in [9.17, 15) is 0 Å². The number of hydrogen-bond acceptors (Lipinski definition) is 4. The zero-order chi connectivity index (χ0) is 12.0. The maximum atomic E-state index is 4.10. The molecule has 0 aliphatic heterocycles. The predicted molar refractivity (Wildman–Crippen MR) is 65.1 cm³/mol. The van der Waals surface area contributed by atoms with E-state index in [4.69, 9.17) is 0 Å². The molecule has 1 heterocycles. The smallest absolute Gasteiger partial charge is 0.0967 e. The lowest BCUT2D eigenvalue weighted by Gasteiger charge is -2.19. The number of rotatable bonds is 7. The Morgan fingerprint density at radius 1 is 1.50 bits per heavy atom. The van der Waals surface area contributed by atoms with E-state index in [0.717, 1.165) is 31.9 Å². The normalized spacial score (nSPS) is 11.6. The molecule has 0 fully saturated rings. The third-order valence-electron chi connectivity index (χ3n) is 2.46. The van der Waals surface area contributed by atoms with Crippen LogP contribution in [0.3, 0.4) is 0 Å². The standard InChI is InChI=1S/C11H23N5/c1-5-16(7-6-12-10(2)3)9-11-8-15(4)14-13-11/h8,10,12H,5-7,9H2,1-4H3. The van der Waals surface area contributed by atoms with Gasteiger partial charge in [-0.3, -0.25) is 9.58 Å². The predicted octanol–water partition coefficient (Wildman–Crippen LogP) is 0.635. The molecule has 0 aliphatic rings. The van der Waals surface area contributed by atoms with Crippen molar-refractivity contribution in [2.24, 2.45) is 7.05 Å². The Morgan fingerprint density at radius 2 is 2.25 bits per heavy atom. The highest BCUT2D eigenvalue weighted by Crippen LogP contribution is 1.99. The van der Waals surface area contributed by atoms with Crippen molar-refractivity contribution < 1.29 is 0 Å². The molecular formula is C11H23N5. The van der Waals surface area contributed by atoms with Crippen LogP contribution in [0.5, 0.6) is 0 Å². The second-order valence-electron chi connectivity index (χ2n) is 4.36. The lowest BCUT2D eigenvalue weighted by molar-refractivity contribution is 0.273. The van der Waals surface area contributed by atoms with E-state index in [0.29, 0.717) is 6.04 Å². The van der Waals surface area contributed by atoms with Crippen LogP contribution in [0.15, 0.2) is 6.20 Å². The molecule has 0 aromatic carbocycles. The highest BCUT2D eigenvalue weighted by atomic mass is 15.4. The molecule has 0 spiro atoms. The lowest BCUT2D eigenvalue weighted by Crippen LogP contribution is -2.34. The molecule has 0 unspecified atom stereocenters. The van der Waals surface area contributed by atoms with E-state index in [1.165, 1.54) is 0 Å². The maximum Gasteiger partial charge on any atom is 0.0967 e. The van der Waals surface area contributed by atoms with Gasteiger partial charge in [0.05, 0.1) is 5.69 Å². The molecule has 0 amide bonds. The highest BCUT2D eigenvalue weighted by Gasteiger charge is 2.06. The summed E-state index contributed by atoms with van der Waals surface area (Å²) in [4.78, 5) is 2.36. The van der Waals surface area contributed by atoms with Crippen molar-refractivity contribution >= 4 is 0 Å². The summed E-state index contributed by atoms with van der Waals surface area (Å²) in [5, 5.41) is 11.5. The molecule has 5 nitrogen and oxygen atoms in total. The number of hydrogen-bond donors (Lipinski definition) is 1. The molecule has 0 radical (unpaired) electrons. The summed E-state index contributed by atoms with van der Waals surface area (Å²) in [6.07, 6.45) is 1.97. The van der Waals surface area contributed by atoms with Gasteiger partial charge >= 0.3 is 0 Å². The largest absolute Gasteiger partial charge is 0.313 e. The fraction of sp³-hybridized carbons (Fsp3) is 0.818. The fourth-order valence-electron chi connectivity index (χ4n) is 1.56. The number of likely N-dealkylation sites (N-methyl/N-ethyl adjacent to an activating group) is 1. The van der Waals surface area contributed by atoms with Crippen LogP contribution in [0.4, 0.5) is 0 Å². The van der Waals surface area contributed by atoms with E-state index < -0.39 is 0 Å². The van der Waals surface area contributed by atoms with Crippen LogP contribution >= 0.6 is 0 Å². The molecule has 0 saturated carbocycles. The minimum atomic E-state index is 0.551. The molecule has 1 rings (SSSR count). The van der Waals surface area contributed by atoms with E-state index in [2.05, 4.69) is 41.3 Å². The number of nitrogens with zero attached hydrogens (tertiary/aromatic N) is 4. The van der Waals surface area contributed by atoms with Crippen LogP contribution in [0, 0.1) is 0 Å². The molecule has 1 aromatic rings. The van der Waals surface area contributed by atoms with E-state index in [1.807, 2.05) is 13.2 Å². The Hall–Kier alpha value is -0.940. The summed E-state index contributed by atoms with van der Waals surface area (Å²) in [5.74, 6) is 0. The quantitative estimate of drug-likeness (QED) is 0.739. The second kappa shape index (κ2) is 6.60. The van der Waals surface area contributed by atoms with Gasteiger partial charge in [0.1, 0.15) is 0 Å². The summed E-state index contributed by atoms with van der Waals surface area (Å²) in [7, 11) is 1.90. The Morgan fingerprint density at radius 3 is 2.75 bits per heavy atom. The van der Waals surface area contributed by atoms with Crippen molar-refractivity contribution in [3.63, 3.8) is 0 Å². The number of nitrogens with one attached hydrogen (secondary N) is 1. The van der Waals surface area contributed by atoms with Gasteiger partial charge in [0.2, 0.25) is 0 Å². The van der Waals surface area contributed by atoms with Gasteiger partial charge in [0.25, 0.3) is 0 Å². The monoisotopic (exact) mass is 225 g/mol. The molecule has 0 saturated heterocycles. The van der Waals surface area contributed by atoms with E-state index in [1.54, 1.807) is 4.68 Å². The van der Waals surface area contributed by atoms with Crippen LogP contribution in [0.25, 0.3) is 0 Å². The highest BCUT2D eigenvalue weighted by molar-refractivity contribution is 4.91. The van der Waals surface area contributed by atoms with E-state index in [-0.39, 0.29) is 0 Å². The third-order valence-corrected chi connectivity index (χ3v) is 2.46. The Labute approximate surface area is 97.8 Å². The molecule has 16 heavy (non-hydrogen) atoms. The molecular weight excluding hydrogens is 202 g/mol. The van der Waals surface area contributed by atoms with E-state index >= 15 is 0 Å². The average Bonchev–Trinajstić information content (AvgIpc) is 2.62. The molecule has 0 aliphatic carbocycles. The van der Waals surface area contributed by atoms with Gasteiger partial charge in [0.15, 0.2) is 0 Å². The Bertz CT molecular complexity index is 294. The van der Waals surface area contributed by atoms with Crippen molar-refractivity contribution in [3.05, 3.63) is 11.9 Å². The first-order valence-corrected chi connectivity index (χ1v) is 5.92. The average molecular weight is 225 g/mol. The van der Waals surface area contributed by atoms with Gasteiger partial charge in [-0.05, 0) is 6.54 Å². The first-order chi connectivity index (χ1) is 7.61. The summed E-state index contributed by atoms with van der Waals surface area (Å²) in [6, 6.07) is 0.551. The van der Waals surface area contributed by atoms with Crippen LogP contribution in [-0.2, 0) is 13.6 Å². The molecule has 5 heteroatoms. The van der Waals surface area contributed by atoms with Crippen molar-refractivity contribution in [2.45, 2.75) is 33.4 Å². The van der Waals surface area contributed by atoms with Crippen molar-refractivity contribution in [3.8, 4) is 0 Å². The first-order valence-electron chi connectivity index (χ1n) is 5.92. The van der Waals surface area contributed by atoms with Gasteiger partial charge in [-0.1, -0.05) is 26.0 Å². The van der Waals surface area contributed by atoms with Gasteiger partial charge in [-0.2, -0.15) is 0 Å². The van der Waals surface area contributed by atoms with Crippen LogP contribution < -0.4 is 5.32 Å². The SMILES string of the molecule is CCN(CCNC(C)C)Cc1cn(C)nn1. The zero-order valence-electron chi connectivity index (χ0n) is 10.8. The van der Waals surface area contributed by atoms with Gasteiger partial charge in [-0.25, -0.2) is 0 Å². The van der Waals surface area contributed by atoms with Crippen LogP contribution in [0.1, 0.15) is 26.5 Å². The summed E-state index contributed by atoms with van der Waals surface area (Å²) < 4.78 is 1.75. The first kappa shape index (κ1) is 13.1.